The minimum Gasteiger partial charge on any atom is -0.310 e. The van der Waals surface area contributed by atoms with Crippen LogP contribution >= 0.6 is 22.7 Å². The van der Waals surface area contributed by atoms with Gasteiger partial charge in [-0.3, -0.25) is 4.79 Å². The van der Waals surface area contributed by atoms with Crippen molar-refractivity contribution in [1.29, 1.82) is 0 Å². The lowest BCUT2D eigenvalue weighted by Gasteiger charge is -2.24. The van der Waals surface area contributed by atoms with E-state index < -0.39 is 0 Å². The summed E-state index contributed by atoms with van der Waals surface area (Å²) in [6.45, 7) is 6.26. The van der Waals surface area contributed by atoms with Crippen LogP contribution in [0.3, 0.4) is 0 Å². The predicted octanol–water partition coefficient (Wildman–Crippen LogP) is 6.10. The van der Waals surface area contributed by atoms with Crippen LogP contribution in [0.2, 0.25) is 0 Å². The van der Waals surface area contributed by atoms with Crippen molar-refractivity contribution >= 4 is 54.7 Å². The van der Waals surface area contributed by atoms with Crippen molar-refractivity contribution in [2.75, 3.05) is 5.32 Å². The average molecular weight is 445 g/mol. The van der Waals surface area contributed by atoms with Gasteiger partial charge in [-0.15, -0.1) is 11.3 Å². The van der Waals surface area contributed by atoms with E-state index in [9.17, 15) is 4.79 Å². The number of aryl methyl sites for hydroxylation is 3. The van der Waals surface area contributed by atoms with Gasteiger partial charge in [0.15, 0.2) is 0 Å². The Morgan fingerprint density at radius 3 is 2.74 bits per heavy atom. The highest BCUT2D eigenvalue weighted by atomic mass is 32.1. The molecule has 31 heavy (non-hydrogen) atoms. The normalized spacial score (nSPS) is 16.1. The molecule has 154 valence electrons. The highest BCUT2D eigenvalue weighted by molar-refractivity contribution is 7.20. The van der Waals surface area contributed by atoms with Crippen LogP contribution in [-0.4, -0.2) is 20.7 Å². The first-order valence-electron chi connectivity index (χ1n) is 10.2. The van der Waals surface area contributed by atoms with E-state index in [1.807, 2.05) is 17.7 Å². The molecule has 1 aliphatic heterocycles. The first-order valence-corrected chi connectivity index (χ1v) is 11.9. The highest BCUT2D eigenvalue weighted by Crippen LogP contribution is 2.46. The van der Waals surface area contributed by atoms with Gasteiger partial charge in [-0.25, -0.2) is 4.98 Å². The van der Waals surface area contributed by atoms with E-state index in [1.54, 1.807) is 22.7 Å². The number of hydrogen-bond acceptors (Lipinski definition) is 5. The lowest BCUT2D eigenvalue weighted by atomic mass is 9.84. The van der Waals surface area contributed by atoms with Gasteiger partial charge in [-0.05, 0) is 55.5 Å². The second kappa shape index (κ2) is 6.73. The Bertz CT molecular complexity index is 1510. The molecule has 1 N–H and O–H groups in total. The van der Waals surface area contributed by atoms with Gasteiger partial charge in [-0.2, -0.15) is 9.78 Å². The Labute approximate surface area is 187 Å². The van der Waals surface area contributed by atoms with Crippen molar-refractivity contribution in [3.63, 3.8) is 0 Å². The third-order valence-electron chi connectivity index (χ3n) is 5.98. The maximum absolute atomic E-state index is 12.8. The quantitative estimate of drug-likeness (QED) is 0.358. The molecule has 0 bridgehead atoms. The van der Waals surface area contributed by atoms with Gasteiger partial charge in [0.1, 0.15) is 5.82 Å². The number of aromatic nitrogens is 3. The third kappa shape index (κ3) is 2.84. The van der Waals surface area contributed by atoms with E-state index in [2.05, 4.69) is 55.6 Å². The van der Waals surface area contributed by atoms with E-state index in [0.717, 1.165) is 32.4 Å². The summed E-state index contributed by atoms with van der Waals surface area (Å²) >= 11 is 3.39. The number of anilines is 1. The molecule has 0 aliphatic carbocycles. The van der Waals surface area contributed by atoms with Crippen LogP contribution < -0.4 is 5.32 Å². The van der Waals surface area contributed by atoms with Crippen LogP contribution in [0, 0.1) is 20.8 Å². The first kappa shape index (κ1) is 18.7. The summed E-state index contributed by atoms with van der Waals surface area (Å²) in [6, 6.07) is 14.7. The second-order valence-corrected chi connectivity index (χ2v) is 10.4. The zero-order valence-electron chi connectivity index (χ0n) is 17.4. The topological polar surface area (TPSA) is 59.8 Å². The van der Waals surface area contributed by atoms with E-state index in [-0.39, 0.29) is 11.8 Å². The number of carbonyl (C=O) groups excluding carboxylic acids is 1. The molecule has 0 radical (unpaired) electrons. The molecule has 7 heteroatoms. The molecule has 0 saturated carbocycles. The summed E-state index contributed by atoms with van der Waals surface area (Å²) in [5.74, 6) is 0.764. The lowest BCUT2D eigenvalue weighted by molar-refractivity contribution is -0.116. The number of nitrogens with zero attached hydrogens (tertiary/aromatic N) is 3. The van der Waals surface area contributed by atoms with Gasteiger partial charge >= 0.3 is 0 Å². The van der Waals surface area contributed by atoms with Crippen LogP contribution in [0.15, 0.2) is 42.5 Å². The third-order valence-corrected chi connectivity index (χ3v) is 8.08. The van der Waals surface area contributed by atoms with Gasteiger partial charge < -0.3 is 5.32 Å². The van der Waals surface area contributed by atoms with Crippen LogP contribution in [0.4, 0.5) is 5.82 Å². The van der Waals surface area contributed by atoms with E-state index in [1.165, 1.54) is 26.1 Å². The first-order chi connectivity index (χ1) is 15.0. The van der Waals surface area contributed by atoms with Crippen molar-refractivity contribution in [1.82, 2.24) is 14.8 Å². The largest absolute Gasteiger partial charge is 0.310 e. The molecule has 2 aromatic carbocycles. The molecule has 6 rings (SSSR count). The molecule has 5 aromatic rings. The van der Waals surface area contributed by atoms with Gasteiger partial charge in [0.25, 0.3) is 0 Å². The molecular weight excluding hydrogens is 424 g/mol. The van der Waals surface area contributed by atoms with E-state index in [4.69, 9.17) is 10.1 Å². The zero-order chi connectivity index (χ0) is 21.3. The number of hydrogen-bond donors (Lipinski definition) is 1. The molecule has 3 aromatic heterocycles. The minimum absolute atomic E-state index is 0.00901. The zero-order valence-corrected chi connectivity index (χ0v) is 19.0. The summed E-state index contributed by atoms with van der Waals surface area (Å²) in [5.41, 5.74) is 5.44. The Morgan fingerprint density at radius 1 is 1.03 bits per heavy atom. The maximum atomic E-state index is 12.8. The molecule has 1 unspecified atom stereocenters. The van der Waals surface area contributed by atoms with E-state index in [0.29, 0.717) is 6.42 Å². The molecule has 0 fully saturated rings. The molecule has 0 saturated heterocycles. The summed E-state index contributed by atoms with van der Waals surface area (Å²) < 4.78 is 4.20. The average Bonchev–Trinajstić information content (AvgIpc) is 3.39. The Hall–Kier alpha value is -3.03. The van der Waals surface area contributed by atoms with Crippen molar-refractivity contribution in [2.45, 2.75) is 33.1 Å². The minimum atomic E-state index is -0.00901. The molecule has 1 atom stereocenters. The Kier molecular flexibility index (Phi) is 4.07. The molecule has 1 amide bonds. The summed E-state index contributed by atoms with van der Waals surface area (Å²) in [6.07, 6.45) is 0.431. The summed E-state index contributed by atoms with van der Waals surface area (Å²) in [4.78, 5) is 18.9. The van der Waals surface area contributed by atoms with Crippen LogP contribution in [0.1, 0.15) is 39.6 Å². The molecule has 5 nitrogen and oxygen atoms in total. The van der Waals surface area contributed by atoms with Gasteiger partial charge in [-0.1, -0.05) is 35.6 Å². The van der Waals surface area contributed by atoms with Gasteiger partial charge in [0.05, 0.1) is 15.9 Å². The van der Waals surface area contributed by atoms with E-state index >= 15 is 0 Å². The molecule has 0 spiro atoms. The number of fused-ring (bicyclic) bond motifs is 3. The fourth-order valence-corrected chi connectivity index (χ4v) is 6.81. The SMILES string of the molecule is Cc1ccc2nc(-n3nc(C)c4c3NC(=O)CC4c3c(C)sc4ccccc34)sc2c1. The summed E-state index contributed by atoms with van der Waals surface area (Å²) in [5, 5.41) is 9.94. The fraction of sp³-hybridized carbons (Fsp3) is 0.208. The monoisotopic (exact) mass is 444 g/mol. The number of amides is 1. The smallest absolute Gasteiger partial charge is 0.226 e. The van der Waals surface area contributed by atoms with Crippen molar-refractivity contribution in [3.8, 4) is 5.13 Å². The van der Waals surface area contributed by atoms with Crippen LogP contribution in [0.25, 0.3) is 25.4 Å². The maximum Gasteiger partial charge on any atom is 0.226 e. The van der Waals surface area contributed by atoms with Crippen molar-refractivity contribution < 1.29 is 4.79 Å². The number of benzene rings is 2. The van der Waals surface area contributed by atoms with Gasteiger partial charge in [0.2, 0.25) is 11.0 Å². The van der Waals surface area contributed by atoms with Crippen molar-refractivity contribution in [2.24, 2.45) is 0 Å². The fourth-order valence-electron chi connectivity index (χ4n) is 4.66. The van der Waals surface area contributed by atoms with Crippen molar-refractivity contribution in [3.05, 3.63) is 69.7 Å². The molecule has 4 heterocycles. The summed E-state index contributed by atoms with van der Waals surface area (Å²) in [7, 11) is 0. The number of thiophene rings is 1. The molecule has 1 aliphatic rings. The number of nitrogens with one attached hydrogen (secondary N) is 1. The van der Waals surface area contributed by atoms with Gasteiger partial charge in [0, 0.05) is 27.5 Å². The second-order valence-electron chi connectivity index (χ2n) is 8.10. The highest BCUT2D eigenvalue weighted by Gasteiger charge is 2.35. The number of thiazole rings is 1. The number of rotatable bonds is 2. The van der Waals surface area contributed by atoms with Crippen LogP contribution in [0.5, 0.6) is 0 Å². The standard InChI is InChI=1S/C24H20N4OS2/c1-12-8-9-17-19(10-12)31-24(25-17)28-23-21(13(2)27-28)16(11-20(29)26-23)22-14(3)30-18-7-5-4-6-15(18)22/h4-10,16H,11H2,1-3H3,(H,26,29). The lowest BCUT2D eigenvalue weighted by Crippen LogP contribution is -2.25. The molecular formula is C24H20N4OS2. The predicted molar refractivity (Wildman–Crippen MR) is 128 cm³/mol. The Morgan fingerprint density at radius 2 is 1.87 bits per heavy atom. The Balaban J connectivity index is 1.56. The number of carbonyl (C=O) groups is 1. The van der Waals surface area contributed by atoms with Crippen LogP contribution in [-0.2, 0) is 4.79 Å².